The van der Waals surface area contributed by atoms with Gasteiger partial charge in [0.05, 0.1) is 12.0 Å². The third-order valence-corrected chi connectivity index (χ3v) is 4.13. The Bertz CT molecular complexity index is 551. The van der Waals surface area contributed by atoms with Gasteiger partial charge in [-0.15, -0.1) is 0 Å². The van der Waals surface area contributed by atoms with Gasteiger partial charge in [0, 0.05) is 18.9 Å². The van der Waals surface area contributed by atoms with E-state index in [9.17, 15) is 4.79 Å². The zero-order chi connectivity index (χ0) is 16.0. The largest absolute Gasteiger partial charge is 0.381 e. The van der Waals surface area contributed by atoms with Gasteiger partial charge in [-0.2, -0.15) is 0 Å². The molecular weight excluding hydrogens is 280 g/mol. The quantitative estimate of drug-likeness (QED) is 0.563. The number of aliphatic imine (C=N–C) groups is 1. The van der Waals surface area contributed by atoms with Gasteiger partial charge in [0.2, 0.25) is 5.91 Å². The number of carbonyl (C=O) groups is 1. The first-order valence-corrected chi connectivity index (χ1v) is 7.59. The SMILES string of the molecule is CCc1cccc(NC(N)=NCC2(C(N)=O)CCOCC2)c1. The van der Waals surface area contributed by atoms with Crippen molar-refractivity contribution in [3.05, 3.63) is 29.8 Å². The summed E-state index contributed by atoms with van der Waals surface area (Å²) in [5, 5.41) is 3.06. The van der Waals surface area contributed by atoms with Gasteiger partial charge in [-0.1, -0.05) is 19.1 Å². The molecule has 0 unspecified atom stereocenters. The van der Waals surface area contributed by atoms with E-state index in [1.54, 1.807) is 0 Å². The molecule has 0 bridgehead atoms. The van der Waals surface area contributed by atoms with Crippen LogP contribution >= 0.6 is 0 Å². The first-order valence-electron chi connectivity index (χ1n) is 7.59. The molecule has 5 N–H and O–H groups in total. The first-order chi connectivity index (χ1) is 10.6. The molecular formula is C16H24N4O2. The van der Waals surface area contributed by atoms with Crippen LogP contribution in [0.25, 0.3) is 0 Å². The maximum Gasteiger partial charge on any atom is 0.225 e. The molecule has 0 radical (unpaired) electrons. The normalized spacial score (nSPS) is 18.0. The van der Waals surface area contributed by atoms with Gasteiger partial charge in [-0.3, -0.25) is 9.79 Å². The van der Waals surface area contributed by atoms with Crippen LogP contribution in [0.15, 0.2) is 29.3 Å². The second kappa shape index (κ2) is 7.26. The lowest BCUT2D eigenvalue weighted by Crippen LogP contribution is -2.44. The second-order valence-corrected chi connectivity index (χ2v) is 5.64. The van der Waals surface area contributed by atoms with Crippen LogP contribution in [0.2, 0.25) is 0 Å². The number of nitrogens with one attached hydrogen (secondary N) is 1. The van der Waals surface area contributed by atoms with E-state index in [2.05, 4.69) is 23.3 Å². The summed E-state index contributed by atoms with van der Waals surface area (Å²) in [6.07, 6.45) is 2.13. The fourth-order valence-electron chi connectivity index (χ4n) is 2.54. The van der Waals surface area contributed by atoms with Crippen molar-refractivity contribution in [3.63, 3.8) is 0 Å². The smallest absolute Gasteiger partial charge is 0.225 e. The van der Waals surface area contributed by atoms with Crippen molar-refractivity contribution in [1.82, 2.24) is 0 Å². The summed E-state index contributed by atoms with van der Waals surface area (Å²) in [4.78, 5) is 16.1. The summed E-state index contributed by atoms with van der Waals surface area (Å²) in [5.74, 6) is -0.0410. The topological polar surface area (TPSA) is 103 Å². The maximum absolute atomic E-state index is 11.8. The number of carbonyl (C=O) groups excluding carboxylic acids is 1. The van der Waals surface area contributed by atoms with E-state index in [-0.39, 0.29) is 12.5 Å². The zero-order valence-electron chi connectivity index (χ0n) is 13.0. The predicted molar refractivity (Wildman–Crippen MR) is 87.6 cm³/mol. The second-order valence-electron chi connectivity index (χ2n) is 5.64. The van der Waals surface area contributed by atoms with Crippen molar-refractivity contribution >= 4 is 17.6 Å². The fourth-order valence-corrected chi connectivity index (χ4v) is 2.54. The van der Waals surface area contributed by atoms with Gasteiger partial charge in [-0.25, -0.2) is 0 Å². The van der Waals surface area contributed by atoms with Crippen LogP contribution in [-0.2, 0) is 16.0 Å². The molecule has 0 saturated carbocycles. The Balaban J connectivity index is 2.03. The molecule has 6 heteroatoms. The van der Waals surface area contributed by atoms with Crippen molar-refractivity contribution < 1.29 is 9.53 Å². The van der Waals surface area contributed by atoms with Crippen molar-refractivity contribution in [2.24, 2.45) is 21.9 Å². The molecule has 1 fully saturated rings. The molecule has 1 aromatic carbocycles. The lowest BCUT2D eigenvalue weighted by Gasteiger charge is -2.32. The van der Waals surface area contributed by atoms with Crippen LogP contribution < -0.4 is 16.8 Å². The highest BCUT2D eigenvalue weighted by molar-refractivity contribution is 5.92. The van der Waals surface area contributed by atoms with Crippen LogP contribution in [-0.4, -0.2) is 31.6 Å². The average molecular weight is 304 g/mol. The molecule has 0 aromatic heterocycles. The van der Waals surface area contributed by atoms with Crippen LogP contribution in [0, 0.1) is 5.41 Å². The first kappa shape index (κ1) is 16.3. The maximum atomic E-state index is 11.8. The van der Waals surface area contributed by atoms with Crippen LogP contribution in [0.4, 0.5) is 5.69 Å². The van der Waals surface area contributed by atoms with Crippen LogP contribution in [0.1, 0.15) is 25.3 Å². The number of nitrogens with two attached hydrogens (primary N) is 2. The van der Waals surface area contributed by atoms with Gasteiger partial charge in [-0.05, 0) is 37.0 Å². The number of nitrogens with zero attached hydrogens (tertiary/aromatic N) is 1. The van der Waals surface area contributed by atoms with E-state index >= 15 is 0 Å². The highest BCUT2D eigenvalue weighted by Crippen LogP contribution is 2.30. The summed E-state index contributed by atoms with van der Waals surface area (Å²) in [6, 6.07) is 7.99. The van der Waals surface area contributed by atoms with E-state index in [1.165, 1.54) is 5.56 Å². The molecule has 6 nitrogen and oxygen atoms in total. The number of amides is 1. The molecule has 22 heavy (non-hydrogen) atoms. The number of hydrogen-bond acceptors (Lipinski definition) is 3. The minimum absolute atomic E-state index is 0.290. The lowest BCUT2D eigenvalue weighted by molar-refractivity contribution is -0.132. The molecule has 0 aliphatic carbocycles. The number of primary amides is 1. The Morgan fingerprint density at radius 2 is 2.09 bits per heavy atom. The van der Waals surface area contributed by atoms with Crippen molar-refractivity contribution in [3.8, 4) is 0 Å². The molecule has 2 rings (SSSR count). The Labute approximate surface area is 130 Å². The van der Waals surface area contributed by atoms with Gasteiger partial charge >= 0.3 is 0 Å². The molecule has 1 aliphatic heterocycles. The van der Waals surface area contributed by atoms with Gasteiger partial charge in [0.15, 0.2) is 5.96 Å². The van der Waals surface area contributed by atoms with Crippen LogP contribution in [0.3, 0.4) is 0 Å². The Hall–Kier alpha value is -2.08. The fraction of sp³-hybridized carbons (Fsp3) is 0.500. The minimum Gasteiger partial charge on any atom is -0.381 e. The number of benzene rings is 1. The van der Waals surface area contributed by atoms with E-state index < -0.39 is 5.41 Å². The zero-order valence-corrected chi connectivity index (χ0v) is 13.0. The van der Waals surface area contributed by atoms with Gasteiger partial charge in [0.1, 0.15) is 0 Å². The molecule has 1 heterocycles. The molecule has 0 spiro atoms. The van der Waals surface area contributed by atoms with E-state index in [0.717, 1.165) is 12.1 Å². The highest BCUT2D eigenvalue weighted by atomic mass is 16.5. The van der Waals surface area contributed by atoms with Gasteiger partial charge < -0.3 is 21.5 Å². The minimum atomic E-state index is -0.643. The highest BCUT2D eigenvalue weighted by Gasteiger charge is 2.38. The van der Waals surface area contributed by atoms with E-state index in [0.29, 0.717) is 32.0 Å². The number of rotatable bonds is 5. The molecule has 1 saturated heterocycles. The van der Waals surface area contributed by atoms with Crippen molar-refractivity contribution in [2.45, 2.75) is 26.2 Å². The third kappa shape index (κ3) is 3.98. The van der Waals surface area contributed by atoms with Crippen LogP contribution in [0.5, 0.6) is 0 Å². The summed E-state index contributed by atoms with van der Waals surface area (Å²) in [7, 11) is 0. The number of ether oxygens (including phenoxy) is 1. The summed E-state index contributed by atoms with van der Waals surface area (Å²) in [6.45, 7) is 3.45. The summed E-state index contributed by atoms with van der Waals surface area (Å²) in [5.41, 5.74) is 12.9. The standard InChI is InChI=1S/C16H24N4O2/c1-2-12-4-3-5-13(10-12)20-15(18)19-11-16(14(17)21)6-8-22-9-7-16/h3-5,10H,2,6-9,11H2,1H3,(H2,17,21)(H3,18,19,20). The Kier molecular flexibility index (Phi) is 5.38. The average Bonchev–Trinajstić information content (AvgIpc) is 2.54. The number of aryl methyl sites for hydroxylation is 1. The Morgan fingerprint density at radius 3 is 2.73 bits per heavy atom. The number of anilines is 1. The summed E-state index contributed by atoms with van der Waals surface area (Å²) >= 11 is 0. The van der Waals surface area contributed by atoms with Crippen molar-refractivity contribution in [2.75, 3.05) is 25.1 Å². The number of guanidine groups is 1. The monoisotopic (exact) mass is 304 g/mol. The summed E-state index contributed by atoms with van der Waals surface area (Å²) < 4.78 is 5.30. The van der Waals surface area contributed by atoms with E-state index in [1.807, 2.05) is 18.2 Å². The molecule has 1 aliphatic rings. The molecule has 1 aromatic rings. The van der Waals surface area contributed by atoms with Crippen molar-refractivity contribution in [1.29, 1.82) is 0 Å². The molecule has 1 amide bonds. The lowest BCUT2D eigenvalue weighted by atomic mass is 9.79. The number of hydrogen-bond donors (Lipinski definition) is 3. The van der Waals surface area contributed by atoms with Gasteiger partial charge in [0.25, 0.3) is 0 Å². The molecule has 120 valence electrons. The third-order valence-electron chi connectivity index (χ3n) is 4.13. The molecule has 0 atom stereocenters. The predicted octanol–water partition coefficient (Wildman–Crippen LogP) is 1.26. The van der Waals surface area contributed by atoms with E-state index in [4.69, 9.17) is 16.2 Å². The Morgan fingerprint density at radius 1 is 1.36 bits per heavy atom.